The van der Waals surface area contributed by atoms with Gasteiger partial charge in [-0.25, -0.2) is 4.99 Å². The normalized spacial score (nSPS) is 14.7. The zero-order valence-corrected chi connectivity index (χ0v) is 16.7. The van der Waals surface area contributed by atoms with Crippen molar-refractivity contribution in [2.45, 2.75) is 0 Å². The van der Waals surface area contributed by atoms with Crippen molar-refractivity contribution in [2.24, 2.45) is 4.99 Å². The summed E-state index contributed by atoms with van der Waals surface area (Å²) in [5.41, 5.74) is 23.1. The van der Waals surface area contributed by atoms with Gasteiger partial charge in [0.25, 0.3) is 0 Å². The first kappa shape index (κ1) is 19.8. The molecule has 0 saturated heterocycles. The van der Waals surface area contributed by atoms with Gasteiger partial charge in [-0.1, -0.05) is 0 Å². The van der Waals surface area contributed by atoms with Gasteiger partial charge in [0.15, 0.2) is 0 Å². The van der Waals surface area contributed by atoms with Crippen LogP contribution in [0.15, 0.2) is 101 Å². The highest BCUT2D eigenvalue weighted by Crippen LogP contribution is 2.23. The Morgan fingerprint density at radius 2 is 1.03 bits per heavy atom. The fraction of sp³-hybridized carbons (Fsp3) is 0. The first-order chi connectivity index (χ1) is 15.0. The van der Waals surface area contributed by atoms with E-state index in [0.29, 0.717) is 39.9 Å². The van der Waals surface area contributed by atoms with E-state index in [1.165, 1.54) is 6.08 Å². The van der Waals surface area contributed by atoms with E-state index in [4.69, 9.17) is 22.2 Å². The van der Waals surface area contributed by atoms with E-state index in [1.54, 1.807) is 42.5 Å². The molecule has 0 atom stereocenters. The van der Waals surface area contributed by atoms with Crippen LogP contribution in [0.3, 0.4) is 0 Å². The lowest BCUT2D eigenvalue weighted by Crippen LogP contribution is -2.22. The third kappa shape index (κ3) is 4.91. The van der Waals surface area contributed by atoms with Crippen LogP contribution >= 0.6 is 0 Å². The summed E-state index contributed by atoms with van der Waals surface area (Å²) in [6, 6.07) is 21.6. The summed E-state index contributed by atoms with van der Waals surface area (Å²) in [6.07, 6.45) is 3.24. The second kappa shape index (κ2) is 8.46. The van der Waals surface area contributed by atoms with E-state index in [2.05, 4.69) is 10.6 Å². The molecule has 7 nitrogen and oxygen atoms in total. The topological polar surface area (TPSA) is 132 Å². The predicted octanol–water partition coefficient (Wildman–Crippen LogP) is 4.08. The van der Waals surface area contributed by atoms with Crippen LogP contribution in [0.4, 0.5) is 34.1 Å². The monoisotopic (exact) mass is 410 g/mol. The Morgan fingerprint density at radius 3 is 1.55 bits per heavy atom. The Balaban J connectivity index is 1.68. The summed E-state index contributed by atoms with van der Waals surface area (Å²) in [5, 5.41) is 6.39. The van der Waals surface area contributed by atoms with Gasteiger partial charge in [-0.15, -0.1) is 0 Å². The molecule has 0 aromatic heterocycles. The molecule has 4 rings (SSSR count). The van der Waals surface area contributed by atoms with Crippen LogP contribution in [0.1, 0.15) is 0 Å². The lowest BCUT2D eigenvalue weighted by Gasteiger charge is -2.18. The number of nitrogen functional groups attached to an aromatic ring is 3. The molecule has 0 amide bonds. The number of hydrogen-bond acceptors (Lipinski definition) is 7. The third-order valence-electron chi connectivity index (χ3n) is 4.62. The molecule has 0 heterocycles. The van der Waals surface area contributed by atoms with Gasteiger partial charge in [-0.2, -0.15) is 0 Å². The SMILES string of the molecule is Nc1ccc(N=C2C=C(Nc3ccc(N)cc3)C(=O)C=C2Nc2ccc(N)cc2)cc1. The number of benzene rings is 3. The van der Waals surface area contributed by atoms with Gasteiger partial charge < -0.3 is 27.8 Å². The van der Waals surface area contributed by atoms with Crippen molar-refractivity contribution in [2.75, 3.05) is 27.8 Å². The molecular weight excluding hydrogens is 388 g/mol. The van der Waals surface area contributed by atoms with Crippen molar-refractivity contribution in [3.8, 4) is 0 Å². The Morgan fingerprint density at radius 1 is 0.581 bits per heavy atom. The number of carbonyl (C=O) groups is 1. The average Bonchev–Trinajstić information content (AvgIpc) is 2.76. The molecule has 0 spiro atoms. The van der Waals surface area contributed by atoms with Crippen molar-refractivity contribution in [3.63, 3.8) is 0 Å². The second-order valence-corrected chi connectivity index (χ2v) is 7.06. The summed E-state index contributed by atoms with van der Waals surface area (Å²) in [4.78, 5) is 17.5. The molecule has 8 N–H and O–H groups in total. The van der Waals surface area contributed by atoms with Crippen LogP contribution in [-0.2, 0) is 4.79 Å². The number of nitrogens with two attached hydrogens (primary N) is 3. The van der Waals surface area contributed by atoms with E-state index in [-0.39, 0.29) is 5.78 Å². The lowest BCUT2D eigenvalue weighted by atomic mass is 10.0. The minimum atomic E-state index is -0.175. The number of nitrogens with zero attached hydrogens (tertiary/aromatic N) is 1. The molecular formula is C24H22N6O. The smallest absolute Gasteiger partial charge is 0.204 e. The van der Waals surface area contributed by atoms with Crippen LogP contribution < -0.4 is 27.8 Å². The summed E-state index contributed by atoms with van der Waals surface area (Å²) in [6.45, 7) is 0. The average molecular weight is 410 g/mol. The number of nitrogens with one attached hydrogen (secondary N) is 2. The van der Waals surface area contributed by atoms with Gasteiger partial charge in [0.05, 0.1) is 22.8 Å². The molecule has 1 aliphatic rings. The Kier molecular flexibility index (Phi) is 5.40. The molecule has 0 bridgehead atoms. The molecule has 0 unspecified atom stereocenters. The Labute approximate surface area is 180 Å². The lowest BCUT2D eigenvalue weighted by molar-refractivity contribution is -0.111. The van der Waals surface area contributed by atoms with Crippen molar-refractivity contribution in [3.05, 3.63) is 96.3 Å². The van der Waals surface area contributed by atoms with Crippen LogP contribution in [0, 0.1) is 0 Å². The maximum atomic E-state index is 12.8. The summed E-state index contributed by atoms with van der Waals surface area (Å²) < 4.78 is 0. The number of anilines is 5. The van der Waals surface area contributed by atoms with E-state index < -0.39 is 0 Å². The quantitative estimate of drug-likeness (QED) is 0.318. The number of ketones is 1. The molecule has 0 fully saturated rings. The minimum Gasteiger partial charge on any atom is -0.399 e. The molecule has 1 aliphatic carbocycles. The van der Waals surface area contributed by atoms with E-state index >= 15 is 0 Å². The summed E-state index contributed by atoms with van der Waals surface area (Å²) in [7, 11) is 0. The van der Waals surface area contributed by atoms with Gasteiger partial charge in [0.2, 0.25) is 5.78 Å². The van der Waals surface area contributed by atoms with Crippen molar-refractivity contribution in [1.29, 1.82) is 0 Å². The molecule has 0 aliphatic heterocycles. The van der Waals surface area contributed by atoms with Gasteiger partial charge in [0.1, 0.15) is 0 Å². The predicted molar refractivity (Wildman–Crippen MR) is 128 cm³/mol. The standard InChI is InChI=1S/C24H22N6O/c25-15-1-7-18(8-2-15)28-21-13-23(30-20-11-5-17(27)6-12-20)24(31)14-22(21)29-19-9-3-16(26)4-10-19/h1-14,29-30H,25-27H2. The molecule has 0 saturated carbocycles. The van der Waals surface area contributed by atoms with Crippen molar-refractivity contribution in [1.82, 2.24) is 0 Å². The van der Waals surface area contributed by atoms with E-state index in [9.17, 15) is 4.79 Å². The first-order valence-corrected chi connectivity index (χ1v) is 9.64. The van der Waals surface area contributed by atoms with E-state index in [0.717, 1.165) is 11.4 Å². The van der Waals surface area contributed by atoms with Gasteiger partial charge >= 0.3 is 0 Å². The second-order valence-electron chi connectivity index (χ2n) is 7.06. The number of aliphatic imine (C=N–C) groups is 1. The maximum absolute atomic E-state index is 12.8. The Bertz CT molecular complexity index is 1190. The minimum absolute atomic E-state index is 0.175. The largest absolute Gasteiger partial charge is 0.399 e. The third-order valence-corrected chi connectivity index (χ3v) is 4.62. The van der Waals surface area contributed by atoms with Crippen molar-refractivity contribution < 1.29 is 4.79 Å². The summed E-state index contributed by atoms with van der Waals surface area (Å²) >= 11 is 0. The highest BCUT2D eigenvalue weighted by atomic mass is 16.1. The molecule has 3 aromatic carbocycles. The number of allylic oxidation sites excluding steroid dienone is 2. The van der Waals surface area contributed by atoms with Crippen LogP contribution in [0.25, 0.3) is 0 Å². The molecule has 7 heteroatoms. The molecule has 31 heavy (non-hydrogen) atoms. The fourth-order valence-corrected chi connectivity index (χ4v) is 2.99. The van der Waals surface area contributed by atoms with Crippen LogP contribution in [0.2, 0.25) is 0 Å². The van der Waals surface area contributed by atoms with Crippen molar-refractivity contribution >= 4 is 45.6 Å². The Hall–Kier alpha value is -4.52. The number of carbonyl (C=O) groups excluding carboxylic acids is 1. The zero-order valence-electron chi connectivity index (χ0n) is 16.7. The van der Waals surface area contributed by atoms with E-state index in [1.807, 2.05) is 36.4 Å². The number of hydrogen-bond donors (Lipinski definition) is 5. The highest BCUT2D eigenvalue weighted by molar-refractivity contribution is 6.24. The van der Waals surface area contributed by atoms with Crippen LogP contribution in [-0.4, -0.2) is 11.5 Å². The first-order valence-electron chi connectivity index (χ1n) is 9.64. The summed E-state index contributed by atoms with van der Waals surface area (Å²) in [5.74, 6) is -0.175. The van der Waals surface area contributed by atoms with Gasteiger partial charge in [-0.3, -0.25) is 4.79 Å². The van der Waals surface area contributed by atoms with Crippen LogP contribution in [0.5, 0.6) is 0 Å². The van der Waals surface area contributed by atoms with Gasteiger partial charge in [-0.05, 0) is 78.9 Å². The zero-order chi connectivity index (χ0) is 21.8. The molecule has 3 aromatic rings. The molecule has 0 radical (unpaired) electrons. The van der Waals surface area contributed by atoms with Gasteiger partial charge in [0, 0.05) is 34.5 Å². The molecule has 154 valence electrons. The number of rotatable bonds is 5. The highest BCUT2D eigenvalue weighted by Gasteiger charge is 2.20. The maximum Gasteiger partial charge on any atom is 0.204 e. The fourth-order valence-electron chi connectivity index (χ4n) is 2.99.